The molecule has 0 aromatic rings. The highest BCUT2D eigenvalue weighted by atomic mass is 35.5. The maximum Gasteiger partial charge on any atom is 0.252 e. The topological polar surface area (TPSA) is 101 Å². The van der Waals surface area contributed by atoms with E-state index in [9.17, 15) is 23.1 Å². The number of carbonyl (C=O) groups is 2. The fraction of sp³-hybridized carbons (Fsp3) is 0.818. The standard InChI is InChI=1S/C11H16ClNO5S/c1-5(2)8(14)11-7(13-10(11)16)6(3-4-12)9(15)19(11,17)18/h5-8,14H,3-4H2,1-2H3,(H,13,16)/t6?,7-,8-,11-/m0/s1. The van der Waals surface area contributed by atoms with Gasteiger partial charge in [0.25, 0.3) is 5.12 Å². The quantitative estimate of drug-likeness (QED) is 0.535. The minimum Gasteiger partial charge on any atom is -0.391 e. The van der Waals surface area contributed by atoms with Crippen LogP contribution >= 0.6 is 11.6 Å². The van der Waals surface area contributed by atoms with E-state index in [2.05, 4.69) is 5.32 Å². The van der Waals surface area contributed by atoms with Crippen molar-refractivity contribution in [2.45, 2.75) is 37.2 Å². The van der Waals surface area contributed by atoms with Crippen molar-refractivity contribution in [1.82, 2.24) is 5.32 Å². The molecule has 108 valence electrons. The van der Waals surface area contributed by atoms with Gasteiger partial charge in [0.15, 0.2) is 0 Å². The van der Waals surface area contributed by atoms with Crippen LogP contribution < -0.4 is 5.32 Å². The molecule has 2 rings (SSSR count). The molecule has 0 aromatic carbocycles. The second-order valence-corrected chi connectivity index (χ2v) is 7.80. The lowest BCUT2D eigenvalue weighted by atomic mass is 9.74. The van der Waals surface area contributed by atoms with Gasteiger partial charge in [-0.1, -0.05) is 13.8 Å². The molecule has 0 aromatic heterocycles. The first-order valence-electron chi connectivity index (χ1n) is 6.06. The van der Waals surface area contributed by atoms with Crippen LogP contribution in [0.5, 0.6) is 0 Å². The maximum atomic E-state index is 12.3. The highest BCUT2D eigenvalue weighted by molar-refractivity contribution is 8.08. The third-order valence-corrected chi connectivity index (χ3v) is 6.63. The summed E-state index contributed by atoms with van der Waals surface area (Å²) >= 11 is 5.58. The summed E-state index contributed by atoms with van der Waals surface area (Å²) in [5.41, 5.74) is 0. The number of sulfone groups is 1. The summed E-state index contributed by atoms with van der Waals surface area (Å²) in [6.45, 7) is 3.22. The van der Waals surface area contributed by atoms with E-state index in [4.69, 9.17) is 11.6 Å². The lowest BCUT2D eigenvalue weighted by molar-refractivity contribution is -0.140. The van der Waals surface area contributed by atoms with E-state index in [1.165, 1.54) is 0 Å². The van der Waals surface area contributed by atoms with Crippen LogP contribution in [0.15, 0.2) is 0 Å². The zero-order valence-electron chi connectivity index (χ0n) is 10.6. The number of alkyl halides is 1. The summed E-state index contributed by atoms with van der Waals surface area (Å²) in [5.74, 6) is -1.99. The van der Waals surface area contributed by atoms with E-state index in [0.717, 1.165) is 0 Å². The molecule has 1 unspecified atom stereocenters. The van der Waals surface area contributed by atoms with Gasteiger partial charge in [0, 0.05) is 5.88 Å². The van der Waals surface area contributed by atoms with E-state index in [0.29, 0.717) is 0 Å². The number of hydrogen-bond acceptors (Lipinski definition) is 5. The molecular weight excluding hydrogens is 294 g/mol. The van der Waals surface area contributed by atoms with Crippen LogP contribution in [0.4, 0.5) is 0 Å². The lowest BCUT2D eigenvalue weighted by Gasteiger charge is -2.47. The molecule has 6 nitrogen and oxygen atoms in total. The van der Waals surface area contributed by atoms with Crippen LogP contribution in [-0.2, 0) is 19.4 Å². The summed E-state index contributed by atoms with van der Waals surface area (Å²) in [7, 11) is -4.35. The van der Waals surface area contributed by atoms with E-state index >= 15 is 0 Å². The highest BCUT2D eigenvalue weighted by Gasteiger charge is 2.78. The van der Waals surface area contributed by atoms with Gasteiger partial charge >= 0.3 is 0 Å². The fourth-order valence-corrected chi connectivity index (χ4v) is 5.66. The first-order chi connectivity index (χ1) is 8.72. The summed E-state index contributed by atoms with van der Waals surface area (Å²) in [6.07, 6.45) is -1.24. The molecule has 0 saturated carbocycles. The molecule has 8 heteroatoms. The molecule has 2 N–H and O–H groups in total. The molecule has 2 fully saturated rings. The summed E-state index contributed by atoms with van der Waals surface area (Å²) < 4.78 is 22.6. The van der Waals surface area contributed by atoms with Gasteiger partial charge < -0.3 is 10.4 Å². The minimum absolute atomic E-state index is 0.117. The van der Waals surface area contributed by atoms with Gasteiger partial charge in [0.2, 0.25) is 20.5 Å². The van der Waals surface area contributed by atoms with Crippen LogP contribution in [0.25, 0.3) is 0 Å². The zero-order chi connectivity index (χ0) is 14.6. The number of halogens is 1. The Kier molecular flexibility index (Phi) is 3.43. The average molecular weight is 310 g/mol. The Labute approximate surface area is 116 Å². The van der Waals surface area contributed by atoms with Gasteiger partial charge in [0.1, 0.15) is 0 Å². The first kappa shape index (κ1) is 14.7. The number of aliphatic hydroxyl groups excluding tert-OH is 1. The van der Waals surface area contributed by atoms with Gasteiger partial charge in [-0.3, -0.25) is 9.59 Å². The SMILES string of the molecule is CC(C)[C@H](O)[C@]12C(=O)N[C@H]1C(CCCl)C(=O)S2(=O)=O. The number of aliphatic hydroxyl groups is 1. The molecule has 0 spiro atoms. The third kappa shape index (κ3) is 1.55. The zero-order valence-corrected chi connectivity index (χ0v) is 12.2. The average Bonchev–Trinajstić information content (AvgIpc) is 2.43. The van der Waals surface area contributed by atoms with Crippen LogP contribution in [0, 0.1) is 11.8 Å². The summed E-state index contributed by atoms with van der Waals surface area (Å²) in [4.78, 5) is 23.9. The van der Waals surface area contributed by atoms with Crippen molar-refractivity contribution >= 4 is 32.5 Å². The predicted octanol–water partition coefficient (Wildman–Crippen LogP) is -0.559. The molecule has 0 bridgehead atoms. The van der Waals surface area contributed by atoms with Crippen molar-refractivity contribution in [3.05, 3.63) is 0 Å². The number of fused-ring (bicyclic) bond motifs is 1. The Morgan fingerprint density at radius 1 is 1.42 bits per heavy atom. The first-order valence-corrected chi connectivity index (χ1v) is 8.08. The van der Waals surface area contributed by atoms with E-state index in [1.54, 1.807) is 13.8 Å². The van der Waals surface area contributed by atoms with E-state index < -0.39 is 49.6 Å². The van der Waals surface area contributed by atoms with Gasteiger partial charge in [0.05, 0.1) is 18.1 Å². The lowest BCUT2D eigenvalue weighted by Crippen LogP contribution is -2.78. The maximum absolute atomic E-state index is 12.3. The van der Waals surface area contributed by atoms with Crippen LogP contribution in [0.1, 0.15) is 20.3 Å². The van der Waals surface area contributed by atoms with Gasteiger partial charge in [-0.25, -0.2) is 8.42 Å². The second-order valence-electron chi connectivity index (χ2n) is 5.34. The normalized spacial score (nSPS) is 37.7. The Morgan fingerprint density at radius 3 is 2.42 bits per heavy atom. The Morgan fingerprint density at radius 2 is 2.00 bits per heavy atom. The Hall–Kier alpha value is -0.660. The van der Waals surface area contributed by atoms with Gasteiger partial charge in [-0.05, 0) is 12.3 Å². The molecule has 2 saturated heterocycles. The van der Waals surface area contributed by atoms with Crippen molar-refractivity contribution in [1.29, 1.82) is 0 Å². The molecule has 1 amide bonds. The molecular formula is C11H16ClNO5S. The van der Waals surface area contributed by atoms with Gasteiger partial charge in [-0.2, -0.15) is 0 Å². The summed E-state index contributed by atoms with van der Waals surface area (Å²) in [6, 6.07) is -0.867. The van der Waals surface area contributed by atoms with Crippen LogP contribution in [0.3, 0.4) is 0 Å². The van der Waals surface area contributed by atoms with Gasteiger partial charge in [-0.15, -0.1) is 11.6 Å². The fourth-order valence-electron chi connectivity index (χ4n) is 2.99. The molecule has 2 aliphatic rings. The van der Waals surface area contributed by atoms with Crippen molar-refractivity contribution < 1.29 is 23.1 Å². The number of hydrogen-bond donors (Lipinski definition) is 2. The van der Waals surface area contributed by atoms with Crippen molar-refractivity contribution in [2.75, 3.05) is 5.88 Å². The molecule has 0 radical (unpaired) electrons. The van der Waals surface area contributed by atoms with E-state index in [-0.39, 0.29) is 12.3 Å². The van der Waals surface area contributed by atoms with Crippen molar-refractivity contribution in [3.8, 4) is 0 Å². The number of amides is 1. The third-order valence-electron chi connectivity index (χ3n) is 4.01. The number of carbonyl (C=O) groups excluding carboxylic acids is 2. The molecule has 19 heavy (non-hydrogen) atoms. The van der Waals surface area contributed by atoms with Crippen molar-refractivity contribution in [2.24, 2.45) is 11.8 Å². The monoisotopic (exact) mass is 309 g/mol. The van der Waals surface area contributed by atoms with E-state index in [1.807, 2.05) is 0 Å². The minimum atomic E-state index is -4.35. The Bertz CT molecular complexity index is 531. The smallest absolute Gasteiger partial charge is 0.252 e. The molecule has 0 aliphatic carbocycles. The van der Waals surface area contributed by atoms with Crippen LogP contribution in [-0.4, -0.2) is 47.3 Å². The molecule has 4 atom stereocenters. The summed E-state index contributed by atoms with van der Waals surface area (Å²) in [5, 5.41) is 11.6. The predicted molar refractivity (Wildman–Crippen MR) is 68.3 cm³/mol. The van der Waals surface area contributed by atoms with Crippen molar-refractivity contribution in [3.63, 3.8) is 0 Å². The number of nitrogens with one attached hydrogen (secondary N) is 1. The number of rotatable bonds is 4. The molecule has 2 heterocycles. The molecule has 2 aliphatic heterocycles. The Balaban J connectivity index is 2.56. The highest BCUT2D eigenvalue weighted by Crippen LogP contribution is 2.48. The largest absolute Gasteiger partial charge is 0.391 e. The second kappa shape index (κ2) is 4.43. The number of β-lactam (4-membered cyclic amide) rings is 1. The van der Waals surface area contributed by atoms with Crippen LogP contribution in [0.2, 0.25) is 0 Å².